The van der Waals surface area contributed by atoms with Gasteiger partial charge in [0.15, 0.2) is 5.78 Å². The topological polar surface area (TPSA) is 85.9 Å². The van der Waals surface area contributed by atoms with Gasteiger partial charge in [0.25, 0.3) is 0 Å². The molecule has 0 aliphatic carbocycles. The van der Waals surface area contributed by atoms with Crippen molar-refractivity contribution < 1.29 is 47.3 Å². The van der Waals surface area contributed by atoms with Crippen LogP contribution in [0, 0.1) is 4.91 Å². The van der Waals surface area contributed by atoms with Crippen molar-refractivity contribution in [3.8, 4) is 5.75 Å². The van der Waals surface area contributed by atoms with Crippen LogP contribution in [0.4, 0.5) is 0 Å². The van der Waals surface area contributed by atoms with Crippen molar-refractivity contribution in [2.24, 2.45) is 0 Å². The molecule has 5 nitrogen and oxygen atoms in total. The number of nitroso groups, excluding NO2 is 1. The van der Waals surface area contributed by atoms with E-state index in [-0.39, 0.29) is 38.5 Å². The van der Waals surface area contributed by atoms with E-state index in [2.05, 4.69) is 0 Å². The summed E-state index contributed by atoms with van der Waals surface area (Å²) < 4.78 is 5.79. The second kappa shape index (κ2) is 12.5. The first-order valence-corrected chi connectivity index (χ1v) is 7.48. The van der Waals surface area contributed by atoms with E-state index in [1.807, 2.05) is 49.4 Å². The van der Waals surface area contributed by atoms with Gasteiger partial charge in [0.1, 0.15) is 12.4 Å². The molecule has 0 atom stereocenters. The number of benzene rings is 2. The van der Waals surface area contributed by atoms with Gasteiger partial charge in [0, 0.05) is 38.3 Å². The third-order valence-corrected chi connectivity index (χ3v) is 3.49. The predicted molar refractivity (Wildman–Crippen MR) is 95.0 cm³/mol. The van der Waals surface area contributed by atoms with E-state index < -0.39 is 0 Å². The first-order valence-electron chi connectivity index (χ1n) is 7.48. The summed E-state index contributed by atoms with van der Waals surface area (Å²) in [6, 6.07) is 13.3. The molecule has 0 aromatic heterocycles. The molecule has 1 radical (unpaired) electrons. The summed E-state index contributed by atoms with van der Waals surface area (Å²) in [6.45, 7) is 4.07. The Kier molecular flexibility index (Phi) is 11.6. The Hall–Kier alpha value is -1.85. The zero-order valence-corrected chi connectivity index (χ0v) is 17.1. The third-order valence-electron chi connectivity index (χ3n) is 3.49. The van der Waals surface area contributed by atoms with Crippen molar-refractivity contribution >= 4 is 11.9 Å². The molecule has 0 aliphatic rings. The fourth-order valence-electron chi connectivity index (χ4n) is 2.27. The van der Waals surface area contributed by atoms with Crippen molar-refractivity contribution in [1.29, 1.82) is 0 Å². The van der Waals surface area contributed by atoms with Crippen LogP contribution in [0.5, 0.6) is 5.75 Å². The zero-order chi connectivity index (χ0) is 17.9. The molecule has 0 unspecified atom stereocenters. The number of rotatable bonds is 6. The Morgan fingerprint density at radius 1 is 1.16 bits per heavy atom. The number of Topliss-reactive ketones (excluding diaryl/α,β-unsaturated/α-hetero) is 1. The maximum Gasteiger partial charge on any atom is 0.160 e. The molecule has 1 N–H and O–H groups in total. The van der Waals surface area contributed by atoms with E-state index >= 15 is 0 Å². The number of nitrogens with zero attached hydrogens (tertiary/aromatic N) is 1. The summed E-state index contributed by atoms with van der Waals surface area (Å²) in [5.41, 5.74) is 9.50. The molecule has 2 aromatic rings. The van der Waals surface area contributed by atoms with Crippen molar-refractivity contribution in [3.05, 3.63) is 81.5 Å². The number of ketones is 1. The van der Waals surface area contributed by atoms with E-state index in [9.17, 15) is 4.79 Å². The van der Waals surface area contributed by atoms with Crippen LogP contribution in [0.25, 0.3) is 11.7 Å². The molecule has 0 saturated carbocycles. The van der Waals surface area contributed by atoms with Crippen molar-refractivity contribution in [2.75, 3.05) is 0 Å². The van der Waals surface area contributed by atoms with Gasteiger partial charge in [-0.25, -0.2) is 0 Å². The molecule has 0 fully saturated rings. The van der Waals surface area contributed by atoms with E-state index in [0.29, 0.717) is 6.61 Å². The molecular weight excluding hydrogens is 395 g/mol. The molecule has 0 spiro atoms. The molecule has 0 aliphatic heterocycles. The Bertz CT molecular complexity index is 699. The number of hydrogen-bond donors (Lipinski definition) is 1. The van der Waals surface area contributed by atoms with Crippen LogP contribution in [0.15, 0.2) is 48.7 Å². The van der Waals surface area contributed by atoms with Crippen molar-refractivity contribution in [2.45, 2.75) is 26.9 Å². The SMILES string of the molecule is CCc1cc(OCc2ccc(/C=C/O)cc2)ccc1C(C)=O.[N-]=O.[Y]. The summed E-state index contributed by atoms with van der Waals surface area (Å²) in [5.74, 6) is 0.845. The molecule has 0 amide bonds. The molecule has 2 rings (SSSR count). The van der Waals surface area contributed by atoms with Crippen LogP contribution in [0.2, 0.25) is 0 Å². The Morgan fingerprint density at radius 2 is 1.80 bits per heavy atom. The summed E-state index contributed by atoms with van der Waals surface area (Å²) >= 11 is 0. The minimum Gasteiger partial charge on any atom is -0.577 e. The fraction of sp³-hybridized carbons (Fsp3) is 0.211. The van der Waals surface area contributed by atoms with Crippen LogP contribution in [0.1, 0.15) is 40.9 Å². The van der Waals surface area contributed by atoms with Crippen LogP contribution in [-0.4, -0.2) is 10.9 Å². The van der Waals surface area contributed by atoms with Gasteiger partial charge in [-0.15, -0.1) is 0 Å². The van der Waals surface area contributed by atoms with Crippen molar-refractivity contribution in [3.63, 3.8) is 0 Å². The summed E-state index contributed by atoms with van der Waals surface area (Å²) in [5, 5.41) is 8.72. The van der Waals surface area contributed by atoms with E-state index in [1.54, 1.807) is 13.0 Å². The van der Waals surface area contributed by atoms with Crippen LogP contribution in [0.3, 0.4) is 0 Å². The fourth-order valence-corrected chi connectivity index (χ4v) is 2.27. The van der Waals surface area contributed by atoms with Gasteiger partial charge in [-0.2, -0.15) is 0 Å². The van der Waals surface area contributed by atoms with Gasteiger partial charge in [-0.05, 0) is 54.3 Å². The molecular formula is C19H20NO4Y-. The molecule has 0 heterocycles. The minimum atomic E-state index is 0. The Morgan fingerprint density at radius 3 is 2.32 bits per heavy atom. The zero-order valence-electron chi connectivity index (χ0n) is 14.3. The second-order valence-electron chi connectivity index (χ2n) is 5.07. The molecule has 25 heavy (non-hydrogen) atoms. The van der Waals surface area contributed by atoms with Gasteiger partial charge in [-0.3, -0.25) is 4.79 Å². The number of carbonyl (C=O) groups excluding carboxylic acids is 1. The van der Waals surface area contributed by atoms with Crippen LogP contribution >= 0.6 is 0 Å². The largest absolute Gasteiger partial charge is 0.577 e. The number of ether oxygens (including phenoxy) is 1. The average molecular weight is 415 g/mol. The molecule has 2 aromatic carbocycles. The van der Waals surface area contributed by atoms with E-state index in [4.69, 9.17) is 20.3 Å². The number of hydrogen-bond acceptors (Lipinski definition) is 4. The van der Waals surface area contributed by atoms with Gasteiger partial charge in [0.05, 0.1) is 6.26 Å². The van der Waals surface area contributed by atoms with Crippen molar-refractivity contribution in [1.82, 2.24) is 0 Å². The minimum absolute atomic E-state index is 0. The van der Waals surface area contributed by atoms with Crippen LogP contribution in [-0.2, 0) is 45.7 Å². The molecule has 129 valence electrons. The standard InChI is InChI=1S/C19H20O3.NO.Y/c1-3-17-12-18(8-9-19(17)14(2)21)22-13-16-6-4-15(5-7-16)10-11-20;1-2;/h4-12,20H,3,13H2,1-2H3;;/q;-1;/b11-10+;;. The number of aryl methyl sites for hydroxylation is 1. The Balaban J connectivity index is 0.00000185. The van der Waals surface area contributed by atoms with Gasteiger partial charge in [0.2, 0.25) is 0 Å². The summed E-state index contributed by atoms with van der Waals surface area (Å²) in [4.78, 5) is 18.8. The van der Waals surface area contributed by atoms with E-state index in [1.165, 1.54) is 0 Å². The monoisotopic (exact) mass is 415 g/mol. The van der Waals surface area contributed by atoms with Gasteiger partial charge >= 0.3 is 0 Å². The van der Waals surface area contributed by atoms with Crippen LogP contribution < -0.4 is 4.74 Å². The summed E-state index contributed by atoms with van der Waals surface area (Å²) in [7, 11) is 0. The number of carbonyl (C=O) groups is 1. The smallest absolute Gasteiger partial charge is 0.160 e. The quantitative estimate of drug-likeness (QED) is 0.538. The normalized spacial score (nSPS) is 9.68. The Labute approximate surface area is 172 Å². The average Bonchev–Trinajstić information content (AvgIpc) is 2.62. The third kappa shape index (κ3) is 7.28. The van der Waals surface area contributed by atoms with Gasteiger partial charge in [-0.1, -0.05) is 31.2 Å². The maximum absolute atomic E-state index is 11.5. The molecule has 6 heteroatoms. The van der Waals surface area contributed by atoms with Gasteiger partial charge < -0.3 is 20.3 Å². The predicted octanol–water partition coefficient (Wildman–Crippen LogP) is 4.88. The first kappa shape index (κ1) is 23.2. The summed E-state index contributed by atoms with van der Waals surface area (Å²) in [6.07, 6.45) is 3.45. The van der Waals surface area contributed by atoms with E-state index in [0.717, 1.165) is 40.7 Å². The maximum atomic E-state index is 11.5. The number of aliphatic hydroxyl groups excluding tert-OH is 1. The first-order chi connectivity index (χ1) is 11.6. The number of aliphatic hydroxyl groups is 1. The molecule has 0 bridgehead atoms. The second-order valence-corrected chi connectivity index (χ2v) is 5.07. The molecule has 0 saturated heterocycles.